The summed E-state index contributed by atoms with van der Waals surface area (Å²) in [6.45, 7) is 14.0. The number of aryl methyl sites for hydroxylation is 1. The predicted octanol–water partition coefficient (Wildman–Crippen LogP) is 4.92. The lowest BCUT2D eigenvalue weighted by atomic mass is 9.89. The molecule has 29 heavy (non-hydrogen) atoms. The van der Waals surface area contributed by atoms with Gasteiger partial charge < -0.3 is 10.6 Å². The van der Waals surface area contributed by atoms with Gasteiger partial charge in [-0.25, -0.2) is 0 Å². The maximum atomic E-state index is 12.7. The third-order valence-corrected chi connectivity index (χ3v) is 5.60. The van der Waals surface area contributed by atoms with Crippen molar-refractivity contribution in [3.63, 3.8) is 0 Å². The summed E-state index contributed by atoms with van der Waals surface area (Å²) in [6, 6.07) is 8.30. The van der Waals surface area contributed by atoms with Crippen LogP contribution < -0.4 is 10.6 Å². The van der Waals surface area contributed by atoms with E-state index in [1.54, 1.807) is 0 Å². The zero-order chi connectivity index (χ0) is 21.9. The van der Waals surface area contributed by atoms with Crippen LogP contribution in [0.3, 0.4) is 0 Å². The Morgan fingerprint density at radius 1 is 1.00 bits per heavy atom. The van der Waals surface area contributed by atoms with Gasteiger partial charge in [-0.2, -0.15) is 11.8 Å². The molecule has 164 valence electrons. The maximum Gasteiger partial charge on any atom is 0.227 e. The van der Waals surface area contributed by atoms with E-state index in [2.05, 4.69) is 76.4 Å². The van der Waals surface area contributed by atoms with Crippen molar-refractivity contribution in [2.75, 3.05) is 24.6 Å². The van der Waals surface area contributed by atoms with Gasteiger partial charge in [0.05, 0.1) is 5.92 Å². The minimum Gasteiger partial charge on any atom is -0.356 e. The van der Waals surface area contributed by atoms with Gasteiger partial charge in [-0.05, 0) is 42.4 Å². The molecule has 0 aliphatic carbocycles. The van der Waals surface area contributed by atoms with Gasteiger partial charge in [-0.3, -0.25) is 9.59 Å². The maximum absolute atomic E-state index is 12.7. The summed E-state index contributed by atoms with van der Waals surface area (Å²) < 4.78 is 0. The molecule has 1 rings (SSSR count). The molecular weight excluding hydrogens is 380 g/mol. The number of carbonyl (C=O) groups is 2. The highest BCUT2D eigenvalue weighted by Gasteiger charge is 2.21. The van der Waals surface area contributed by atoms with Crippen LogP contribution >= 0.6 is 11.8 Å². The Morgan fingerprint density at radius 3 is 2.24 bits per heavy atom. The molecular formula is C24H40N2O2S. The van der Waals surface area contributed by atoms with Crippen LogP contribution in [0.1, 0.15) is 70.9 Å². The van der Waals surface area contributed by atoms with Crippen molar-refractivity contribution in [1.29, 1.82) is 0 Å². The quantitative estimate of drug-likeness (QED) is 0.472. The second kappa shape index (κ2) is 12.9. The van der Waals surface area contributed by atoms with Crippen LogP contribution in [-0.4, -0.2) is 36.4 Å². The third kappa shape index (κ3) is 11.9. The van der Waals surface area contributed by atoms with Gasteiger partial charge in [0.25, 0.3) is 0 Å². The first-order valence-electron chi connectivity index (χ1n) is 10.8. The van der Waals surface area contributed by atoms with Crippen molar-refractivity contribution in [1.82, 2.24) is 10.6 Å². The fraction of sp³-hybridized carbons (Fsp3) is 0.667. The molecule has 0 radical (unpaired) electrons. The standard InChI is InChI=1S/C24H40N2O2S/c1-18(2)16-21(20-10-8-19(3)9-11-20)23(28)26-12-7-14-29-15-13-25-22(27)17-24(4,5)6/h8-11,18,21H,7,12-17H2,1-6H3,(H,25,27)(H,26,28)/t21-/m1/s1. The van der Waals surface area contributed by atoms with E-state index in [4.69, 9.17) is 0 Å². The summed E-state index contributed by atoms with van der Waals surface area (Å²) >= 11 is 1.82. The fourth-order valence-electron chi connectivity index (χ4n) is 3.08. The van der Waals surface area contributed by atoms with Crippen molar-refractivity contribution < 1.29 is 9.59 Å². The molecule has 0 unspecified atom stereocenters. The number of amides is 2. The molecule has 1 aromatic rings. The smallest absolute Gasteiger partial charge is 0.227 e. The van der Waals surface area contributed by atoms with Gasteiger partial charge in [0, 0.05) is 25.3 Å². The minimum absolute atomic E-state index is 0.0292. The predicted molar refractivity (Wildman–Crippen MR) is 125 cm³/mol. The molecule has 2 amide bonds. The number of hydrogen-bond donors (Lipinski definition) is 2. The van der Waals surface area contributed by atoms with E-state index in [0.717, 1.165) is 29.9 Å². The zero-order valence-corrected chi connectivity index (χ0v) is 20.0. The zero-order valence-electron chi connectivity index (χ0n) is 19.1. The molecule has 5 heteroatoms. The summed E-state index contributed by atoms with van der Waals surface area (Å²) in [5.74, 6) is 2.52. The first kappa shape index (κ1) is 25.5. The molecule has 0 heterocycles. The topological polar surface area (TPSA) is 58.2 Å². The molecule has 0 bridgehead atoms. The normalized spacial score (nSPS) is 12.7. The van der Waals surface area contributed by atoms with Crippen LogP contribution in [0.15, 0.2) is 24.3 Å². The van der Waals surface area contributed by atoms with Gasteiger partial charge >= 0.3 is 0 Å². The third-order valence-electron chi connectivity index (χ3n) is 4.53. The van der Waals surface area contributed by atoms with Crippen LogP contribution in [0.2, 0.25) is 0 Å². The number of rotatable bonds is 12. The van der Waals surface area contributed by atoms with Crippen LogP contribution in [0.4, 0.5) is 0 Å². The Hall–Kier alpha value is -1.49. The molecule has 0 saturated heterocycles. The average Bonchev–Trinajstić information content (AvgIpc) is 2.61. The Morgan fingerprint density at radius 2 is 1.66 bits per heavy atom. The average molecular weight is 421 g/mol. The van der Waals surface area contributed by atoms with E-state index in [1.807, 2.05) is 11.8 Å². The van der Waals surface area contributed by atoms with Gasteiger partial charge in [0.1, 0.15) is 0 Å². The molecule has 0 aliphatic heterocycles. The Bertz CT molecular complexity index is 621. The number of carbonyl (C=O) groups excluding carboxylic acids is 2. The highest BCUT2D eigenvalue weighted by molar-refractivity contribution is 7.99. The van der Waals surface area contributed by atoms with Crippen LogP contribution in [0, 0.1) is 18.3 Å². The molecule has 0 spiro atoms. The lowest BCUT2D eigenvalue weighted by molar-refractivity contribution is -0.123. The van der Waals surface area contributed by atoms with E-state index < -0.39 is 0 Å². The highest BCUT2D eigenvalue weighted by Crippen LogP contribution is 2.24. The second-order valence-electron chi connectivity index (χ2n) is 9.44. The first-order chi connectivity index (χ1) is 13.6. The lowest BCUT2D eigenvalue weighted by Gasteiger charge is -2.19. The largest absolute Gasteiger partial charge is 0.356 e. The van der Waals surface area contributed by atoms with Crippen molar-refractivity contribution in [3.05, 3.63) is 35.4 Å². The second-order valence-corrected chi connectivity index (χ2v) is 10.7. The van der Waals surface area contributed by atoms with E-state index >= 15 is 0 Å². The van der Waals surface area contributed by atoms with Crippen molar-refractivity contribution in [2.45, 2.75) is 66.7 Å². The fourth-order valence-corrected chi connectivity index (χ4v) is 3.88. The van der Waals surface area contributed by atoms with Crippen LogP contribution in [0.5, 0.6) is 0 Å². The molecule has 0 fully saturated rings. The van der Waals surface area contributed by atoms with Crippen molar-refractivity contribution in [3.8, 4) is 0 Å². The number of hydrogen-bond acceptors (Lipinski definition) is 3. The van der Waals surface area contributed by atoms with Crippen LogP contribution in [-0.2, 0) is 9.59 Å². The van der Waals surface area contributed by atoms with Gasteiger partial charge in [-0.1, -0.05) is 64.4 Å². The molecule has 0 aliphatic rings. The Balaban J connectivity index is 2.25. The summed E-state index contributed by atoms with van der Waals surface area (Å²) in [5, 5.41) is 6.09. The summed E-state index contributed by atoms with van der Waals surface area (Å²) in [4.78, 5) is 24.5. The molecule has 0 saturated carbocycles. The monoisotopic (exact) mass is 420 g/mol. The minimum atomic E-state index is -0.0821. The molecule has 4 nitrogen and oxygen atoms in total. The van der Waals surface area contributed by atoms with Gasteiger partial charge in [-0.15, -0.1) is 0 Å². The lowest BCUT2D eigenvalue weighted by Crippen LogP contribution is -2.31. The summed E-state index contributed by atoms with van der Waals surface area (Å²) in [5.41, 5.74) is 2.34. The van der Waals surface area contributed by atoms with E-state index in [1.165, 1.54) is 5.56 Å². The SMILES string of the molecule is Cc1ccc([C@@H](CC(C)C)C(=O)NCCCSCCNC(=O)CC(C)(C)C)cc1. The van der Waals surface area contributed by atoms with Crippen molar-refractivity contribution >= 4 is 23.6 Å². The highest BCUT2D eigenvalue weighted by atomic mass is 32.2. The summed E-state index contributed by atoms with van der Waals surface area (Å²) in [6.07, 6.45) is 2.36. The van der Waals surface area contributed by atoms with Gasteiger partial charge in [0.15, 0.2) is 0 Å². The van der Waals surface area contributed by atoms with Gasteiger partial charge in [0.2, 0.25) is 11.8 Å². The van der Waals surface area contributed by atoms with E-state index in [0.29, 0.717) is 25.4 Å². The number of thioether (sulfide) groups is 1. The Labute approximate surface area is 182 Å². The van der Waals surface area contributed by atoms with Crippen molar-refractivity contribution in [2.24, 2.45) is 11.3 Å². The molecule has 1 atom stereocenters. The van der Waals surface area contributed by atoms with E-state index in [-0.39, 0.29) is 23.1 Å². The summed E-state index contributed by atoms with van der Waals surface area (Å²) in [7, 11) is 0. The number of nitrogens with one attached hydrogen (secondary N) is 2. The van der Waals surface area contributed by atoms with E-state index in [9.17, 15) is 9.59 Å². The molecule has 2 N–H and O–H groups in total. The Kier molecular flexibility index (Phi) is 11.4. The first-order valence-corrected chi connectivity index (χ1v) is 11.9. The number of benzene rings is 1. The molecule has 0 aromatic heterocycles. The van der Waals surface area contributed by atoms with Crippen LogP contribution in [0.25, 0.3) is 0 Å². The molecule has 1 aromatic carbocycles.